The Hall–Kier alpha value is -2.24. The maximum Gasteiger partial charge on any atom is 0.408 e. The Labute approximate surface area is 130 Å². The van der Waals surface area contributed by atoms with E-state index in [1.807, 2.05) is 24.3 Å². The predicted molar refractivity (Wildman–Crippen MR) is 82.1 cm³/mol. The van der Waals surface area contributed by atoms with Crippen molar-refractivity contribution in [2.24, 2.45) is 0 Å². The summed E-state index contributed by atoms with van der Waals surface area (Å²) in [5, 5.41) is 11.6. The zero-order chi connectivity index (χ0) is 16.8. The number of carbonyl (C=O) groups is 2. The van der Waals surface area contributed by atoms with Crippen LogP contribution in [0.5, 0.6) is 5.75 Å². The highest BCUT2D eigenvalue weighted by Gasteiger charge is 2.23. The highest BCUT2D eigenvalue weighted by molar-refractivity contribution is 5.80. The standard InChI is InChI=1S/C16H23NO5/c1-16(2,3)22-15(20)17-13(14(18)19)10-7-11-5-8-12(21-4)9-6-11/h5-6,8-9,13H,7,10H2,1-4H3,(H,17,20)(H,18,19). The van der Waals surface area contributed by atoms with E-state index < -0.39 is 23.7 Å². The van der Waals surface area contributed by atoms with E-state index in [4.69, 9.17) is 9.47 Å². The van der Waals surface area contributed by atoms with E-state index in [0.29, 0.717) is 6.42 Å². The highest BCUT2D eigenvalue weighted by atomic mass is 16.6. The SMILES string of the molecule is COc1ccc(CCC(NC(=O)OC(C)(C)C)C(=O)O)cc1. The molecule has 0 aliphatic carbocycles. The summed E-state index contributed by atoms with van der Waals surface area (Å²) in [6, 6.07) is 6.37. The normalized spacial score (nSPS) is 12.4. The Morgan fingerprint density at radius 2 is 1.82 bits per heavy atom. The van der Waals surface area contributed by atoms with Crippen molar-refractivity contribution in [3.05, 3.63) is 29.8 Å². The van der Waals surface area contributed by atoms with Crippen molar-refractivity contribution >= 4 is 12.1 Å². The molecule has 1 rings (SSSR count). The number of benzene rings is 1. The molecule has 1 aromatic carbocycles. The topological polar surface area (TPSA) is 84.9 Å². The van der Waals surface area contributed by atoms with E-state index in [9.17, 15) is 14.7 Å². The van der Waals surface area contributed by atoms with Gasteiger partial charge in [0.1, 0.15) is 17.4 Å². The predicted octanol–water partition coefficient (Wildman–Crippen LogP) is 2.61. The third-order valence-corrected chi connectivity index (χ3v) is 2.87. The first-order chi connectivity index (χ1) is 10.2. The molecule has 0 heterocycles. The Bertz CT molecular complexity index is 504. The minimum Gasteiger partial charge on any atom is -0.497 e. The Kier molecular flexibility index (Phi) is 6.22. The smallest absolute Gasteiger partial charge is 0.408 e. The van der Waals surface area contributed by atoms with E-state index in [-0.39, 0.29) is 6.42 Å². The maximum atomic E-state index is 11.7. The van der Waals surface area contributed by atoms with Gasteiger partial charge in [-0.05, 0) is 51.3 Å². The number of carboxylic acids is 1. The molecule has 1 unspecified atom stereocenters. The molecule has 2 N–H and O–H groups in total. The van der Waals surface area contributed by atoms with Gasteiger partial charge in [-0.15, -0.1) is 0 Å². The van der Waals surface area contributed by atoms with E-state index in [0.717, 1.165) is 11.3 Å². The van der Waals surface area contributed by atoms with Gasteiger partial charge in [-0.25, -0.2) is 9.59 Å². The molecule has 1 aromatic rings. The molecule has 0 saturated carbocycles. The second-order valence-electron chi connectivity index (χ2n) is 5.92. The van der Waals surface area contributed by atoms with Gasteiger partial charge in [0.15, 0.2) is 0 Å². The van der Waals surface area contributed by atoms with Gasteiger partial charge in [0.05, 0.1) is 7.11 Å². The van der Waals surface area contributed by atoms with Gasteiger partial charge in [-0.2, -0.15) is 0 Å². The van der Waals surface area contributed by atoms with Crippen LogP contribution in [0.25, 0.3) is 0 Å². The lowest BCUT2D eigenvalue weighted by atomic mass is 10.1. The molecule has 22 heavy (non-hydrogen) atoms. The van der Waals surface area contributed by atoms with Crippen LogP contribution in [0, 0.1) is 0 Å². The van der Waals surface area contributed by atoms with Crippen LogP contribution in [-0.4, -0.2) is 35.9 Å². The first-order valence-corrected chi connectivity index (χ1v) is 7.06. The van der Waals surface area contributed by atoms with Gasteiger partial charge in [-0.1, -0.05) is 12.1 Å². The van der Waals surface area contributed by atoms with Gasteiger partial charge in [0, 0.05) is 0 Å². The molecule has 0 aromatic heterocycles. The first-order valence-electron chi connectivity index (χ1n) is 7.06. The van der Waals surface area contributed by atoms with E-state index >= 15 is 0 Å². The number of aliphatic carboxylic acids is 1. The number of amides is 1. The molecule has 122 valence electrons. The molecule has 0 radical (unpaired) electrons. The van der Waals surface area contributed by atoms with Crippen molar-refractivity contribution in [3.63, 3.8) is 0 Å². The summed E-state index contributed by atoms with van der Waals surface area (Å²) in [7, 11) is 1.58. The van der Waals surface area contributed by atoms with Crippen LogP contribution >= 0.6 is 0 Å². The monoisotopic (exact) mass is 309 g/mol. The van der Waals surface area contributed by atoms with Crippen LogP contribution in [-0.2, 0) is 16.0 Å². The molecular formula is C16H23NO5. The van der Waals surface area contributed by atoms with Gasteiger partial charge in [0.2, 0.25) is 0 Å². The van der Waals surface area contributed by atoms with Crippen LogP contribution in [0.1, 0.15) is 32.8 Å². The van der Waals surface area contributed by atoms with Crippen molar-refractivity contribution in [3.8, 4) is 5.75 Å². The average molecular weight is 309 g/mol. The fourth-order valence-electron chi connectivity index (χ4n) is 1.81. The van der Waals surface area contributed by atoms with Crippen LogP contribution in [0.4, 0.5) is 4.79 Å². The Balaban J connectivity index is 2.57. The summed E-state index contributed by atoms with van der Waals surface area (Å²) in [5.74, 6) is -0.343. The lowest BCUT2D eigenvalue weighted by molar-refractivity contribution is -0.139. The summed E-state index contributed by atoms with van der Waals surface area (Å²) >= 11 is 0. The molecule has 0 aliphatic heterocycles. The Morgan fingerprint density at radius 1 is 1.23 bits per heavy atom. The molecule has 1 atom stereocenters. The summed E-state index contributed by atoms with van der Waals surface area (Å²) in [4.78, 5) is 22.9. The minimum absolute atomic E-state index is 0.279. The zero-order valence-electron chi connectivity index (χ0n) is 13.4. The summed E-state index contributed by atoms with van der Waals surface area (Å²) in [5.41, 5.74) is 0.307. The molecule has 0 spiro atoms. The third kappa shape index (κ3) is 6.47. The summed E-state index contributed by atoms with van der Waals surface area (Å²) < 4.78 is 10.1. The number of alkyl carbamates (subject to hydrolysis) is 1. The van der Waals surface area contributed by atoms with E-state index in [2.05, 4.69) is 5.32 Å². The van der Waals surface area contributed by atoms with Gasteiger partial charge >= 0.3 is 12.1 Å². The summed E-state index contributed by atoms with van der Waals surface area (Å²) in [6.07, 6.45) is 0.0760. The number of hydrogen-bond acceptors (Lipinski definition) is 4. The molecule has 0 saturated heterocycles. The second-order valence-corrected chi connectivity index (χ2v) is 5.92. The molecular weight excluding hydrogens is 286 g/mol. The van der Waals surface area contributed by atoms with E-state index in [1.165, 1.54) is 0 Å². The molecule has 0 bridgehead atoms. The zero-order valence-corrected chi connectivity index (χ0v) is 13.4. The van der Waals surface area contributed by atoms with Crippen molar-refractivity contribution in [2.75, 3.05) is 7.11 Å². The van der Waals surface area contributed by atoms with Gasteiger partial charge < -0.3 is 19.9 Å². The number of aryl methyl sites for hydroxylation is 1. The van der Waals surface area contributed by atoms with Crippen LogP contribution in [0.15, 0.2) is 24.3 Å². The lowest BCUT2D eigenvalue weighted by Gasteiger charge is -2.22. The number of carbonyl (C=O) groups excluding carboxylic acids is 1. The first kappa shape index (κ1) is 17.8. The van der Waals surface area contributed by atoms with Crippen LogP contribution in [0.3, 0.4) is 0 Å². The third-order valence-electron chi connectivity index (χ3n) is 2.87. The minimum atomic E-state index is -1.08. The van der Waals surface area contributed by atoms with Crippen molar-refractivity contribution in [2.45, 2.75) is 45.3 Å². The quantitative estimate of drug-likeness (QED) is 0.843. The number of nitrogens with one attached hydrogen (secondary N) is 1. The lowest BCUT2D eigenvalue weighted by Crippen LogP contribution is -2.43. The van der Waals surface area contributed by atoms with Gasteiger partial charge in [0.25, 0.3) is 0 Å². The van der Waals surface area contributed by atoms with E-state index in [1.54, 1.807) is 27.9 Å². The largest absolute Gasteiger partial charge is 0.497 e. The number of hydrogen-bond donors (Lipinski definition) is 2. The second kappa shape index (κ2) is 7.68. The molecule has 0 fully saturated rings. The Morgan fingerprint density at radius 3 is 2.27 bits per heavy atom. The van der Waals surface area contributed by atoms with Crippen LogP contribution < -0.4 is 10.1 Å². The fraction of sp³-hybridized carbons (Fsp3) is 0.500. The molecule has 6 nitrogen and oxygen atoms in total. The van der Waals surface area contributed by atoms with Crippen molar-refractivity contribution in [1.82, 2.24) is 5.32 Å². The fourth-order valence-corrected chi connectivity index (χ4v) is 1.81. The highest BCUT2D eigenvalue weighted by Crippen LogP contribution is 2.14. The number of methoxy groups -OCH3 is 1. The number of rotatable bonds is 6. The number of carboxylic acid groups (broad SMARTS) is 1. The maximum absolute atomic E-state index is 11.7. The van der Waals surface area contributed by atoms with Crippen molar-refractivity contribution in [1.29, 1.82) is 0 Å². The number of ether oxygens (including phenoxy) is 2. The van der Waals surface area contributed by atoms with Crippen molar-refractivity contribution < 1.29 is 24.2 Å². The average Bonchev–Trinajstić information content (AvgIpc) is 2.41. The summed E-state index contributed by atoms with van der Waals surface area (Å²) in [6.45, 7) is 5.17. The molecule has 1 amide bonds. The van der Waals surface area contributed by atoms with Gasteiger partial charge in [-0.3, -0.25) is 0 Å². The molecule has 0 aliphatic rings. The molecule has 6 heteroatoms. The van der Waals surface area contributed by atoms with Crippen LogP contribution in [0.2, 0.25) is 0 Å².